The molecule has 206 valence electrons. The van der Waals surface area contributed by atoms with Crippen LogP contribution in [0.2, 0.25) is 0 Å². The predicted molar refractivity (Wildman–Crippen MR) is 161 cm³/mol. The van der Waals surface area contributed by atoms with Crippen molar-refractivity contribution in [3.8, 4) is 0 Å². The highest BCUT2D eigenvalue weighted by Gasteiger charge is 2.15. The summed E-state index contributed by atoms with van der Waals surface area (Å²) in [6.07, 6.45) is 1.63. The maximum absolute atomic E-state index is 13.2. The molecule has 0 aliphatic carbocycles. The highest BCUT2D eigenvalue weighted by atomic mass is 32.2. The van der Waals surface area contributed by atoms with Crippen LogP contribution < -0.4 is 16.0 Å². The summed E-state index contributed by atoms with van der Waals surface area (Å²) >= 11 is 1.31. The van der Waals surface area contributed by atoms with Crippen molar-refractivity contribution in [3.05, 3.63) is 131 Å². The van der Waals surface area contributed by atoms with E-state index in [4.69, 9.17) is 5.11 Å². The first-order valence-electron chi connectivity index (χ1n) is 12.6. The number of carbonyl (C=O) groups is 4. The van der Waals surface area contributed by atoms with E-state index in [9.17, 15) is 19.2 Å². The second kappa shape index (κ2) is 13.8. The summed E-state index contributed by atoms with van der Waals surface area (Å²) in [5.74, 6) is -2.02. The first kappa shape index (κ1) is 28.8. The van der Waals surface area contributed by atoms with Gasteiger partial charge < -0.3 is 21.1 Å². The quantitative estimate of drug-likeness (QED) is 0.142. The molecule has 3 amide bonds. The average Bonchev–Trinajstić information content (AvgIpc) is 2.97. The third-order valence-corrected chi connectivity index (χ3v) is 6.79. The van der Waals surface area contributed by atoms with Crippen LogP contribution in [0, 0.1) is 6.92 Å². The Hall–Kier alpha value is -5.15. The number of hydrogen-bond acceptors (Lipinski definition) is 5. The number of aryl methyl sites for hydroxylation is 1. The number of amides is 3. The molecule has 0 aromatic heterocycles. The molecule has 4 aromatic rings. The van der Waals surface area contributed by atoms with Crippen LogP contribution in [0.5, 0.6) is 0 Å². The second-order valence-electron chi connectivity index (χ2n) is 8.99. The number of hydrogen-bond donors (Lipinski definition) is 4. The van der Waals surface area contributed by atoms with Crippen LogP contribution in [0.4, 0.5) is 11.4 Å². The van der Waals surface area contributed by atoms with Gasteiger partial charge in [-0.2, -0.15) is 0 Å². The largest absolute Gasteiger partial charge is 0.478 e. The number of anilines is 2. The van der Waals surface area contributed by atoms with E-state index in [-0.39, 0.29) is 22.9 Å². The Kier molecular flexibility index (Phi) is 9.69. The zero-order valence-corrected chi connectivity index (χ0v) is 22.9. The van der Waals surface area contributed by atoms with Gasteiger partial charge in [0, 0.05) is 21.8 Å². The van der Waals surface area contributed by atoms with Gasteiger partial charge in [-0.25, -0.2) is 4.79 Å². The van der Waals surface area contributed by atoms with E-state index < -0.39 is 17.8 Å². The van der Waals surface area contributed by atoms with E-state index in [0.717, 1.165) is 16.0 Å². The highest BCUT2D eigenvalue weighted by Crippen LogP contribution is 2.21. The molecule has 41 heavy (non-hydrogen) atoms. The Balaban J connectivity index is 1.38. The molecule has 0 aliphatic rings. The topological polar surface area (TPSA) is 125 Å². The Morgan fingerprint density at radius 1 is 0.756 bits per heavy atom. The molecule has 0 spiro atoms. The Morgan fingerprint density at radius 3 is 2.07 bits per heavy atom. The predicted octanol–water partition coefficient (Wildman–Crippen LogP) is 5.83. The minimum absolute atomic E-state index is 0.0935. The molecule has 9 heteroatoms. The lowest BCUT2D eigenvalue weighted by Crippen LogP contribution is -2.30. The summed E-state index contributed by atoms with van der Waals surface area (Å²) < 4.78 is 0. The molecule has 4 N–H and O–H groups in total. The number of carboxylic acid groups (broad SMARTS) is 1. The van der Waals surface area contributed by atoms with Gasteiger partial charge in [0.25, 0.3) is 11.8 Å². The molecule has 0 atom stereocenters. The molecule has 0 fully saturated rings. The van der Waals surface area contributed by atoms with Gasteiger partial charge in [0.2, 0.25) is 5.91 Å². The van der Waals surface area contributed by atoms with Crippen molar-refractivity contribution in [1.29, 1.82) is 0 Å². The maximum atomic E-state index is 13.2. The van der Waals surface area contributed by atoms with E-state index in [1.807, 2.05) is 37.3 Å². The van der Waals surface area contributed by atoms with Crippen LogP contribution in [0.25, 0.3) is 6.08 Å². The van der Waals surface area contributed by atoms with Crippen LogP contribution in [0.1, 0.15) is 31.8 Å². The number of rotatable bonds is 10. The molecule has 0 radical (unpaired) electrons. The molecule has 0 saturated heterocycles. The van der Waals surface area contributed by atoms with Crippen molar-refractivity contribution >= 4 is 52.9 Å². The number of thioether (sulfide) groups is 1. The van der Waals surface area contributed by atoms with Gasteiger partial charge in [-0.1, -0.05) is 48.0 Å². The molecule has 8 nitrogen and oxygen atoms in total. The number of carboxylic acids is 1. The van der Waals surface area contributed by atoms with E-state index >= 15 is 0 Å². The molecule has 0 aliphatic heterocycles. The summed E-state index contributed by atoms with van der Waals surface area (Å²) in [6, 6.07) is 29.1. The first-order chi connectivity index (χ1) is 19.8. The van der Waals surface area contributed by atoms with E-state index in [1.54, 1.807) is 54.6 Å². The summed E-state index contributed by atoms with van der Waals surface area (Å²) in [4.78, 5) is 50.1. The fraction of sp³-hybridized carbons (Fsp3) is 0.0625. The highest BCUT2D eigenvalue weighted by molar-refractivity contribution is 8.00. The maximum Gasteiger partial charge on any atom is 0.335 e. The number of carbonyl (C=O) groups excluding carboxylic acids is 3. The molecule has 0 bridgehead atoms. The van der Waals surface area contributed by atoms with Crippen molar-refractivity contribution in [2.24, 2.45) is 0 Å². The lowest BCUT2D eigenvalue weighted by atomic mass is 10.1. The van der Waals surface area contributed by atoms with Gasteiger partial charge in [-0.15, -0.1) is 11.8 Å². The standard InChI is InChI=1S/C32H27N3O5S/c1-21-6-5-7-22(18-21)19-28(35-30(37)23-8-3-2-4-9-23)31(38)34-26-14-16-27(17-15-26)41-20-29(36)33-25-12-10-24(11-13-25)32(39)40/h2-19H,20H2,1H3,(H,33,36)(H,34,38)(H,35,37)(H,39,40)/b28-19-. The number of nitrogens with one attached hydrogen (secondary N) is 3. The minimum atomic E-state index is -1.03. The van der Waals surface area contributed by atoms with Gasteiger partial charge in [0.15, 0.2) is 0 Å². The van der Waals surface area contributed by atoms with Gasteiger partial charge in [-0.05, 0) is 79.2 Å². The van der Waals surface area contributed by atoms with Crippen LogP contribution in [-0.4, -0.2) is 34.6 Å². The Morgan fingerprint density at radius 2 is 1.41 bits per heavy atom. The minimum Gasteiger partial charge on any atom is -0.478 e. The normalized spacial score (nSPS) is 10.9. The monoisotopic (exact) mass is 565 g/mol. The molecule has 0 unspecified atom stereocenters. The van der Waals surface area contributed by atoms with E-state index in [2.05, 4.69) is 16.0 Å². The van der Waals surface area contributed by atoms with Crippen molar-refractivity contribution in [1.82, 2.24) is 5.32 Å². The smallest absolute Gasteiger partial charge is 0.335 e. The average molecular weight is 566 g/mol. The summed E-state index contributed by atoms with van der Waals surface area (Å²) in [6.45, 7) is 1.95. The van der Waals surface area contributed by atoms with Crippen LogP contribution in [-0.2, 0) is 9.59 Å². The zero-order valence-electron chi connectivity index (χ0n) is 22.1. The lowest BCUT2D eigenvalue weighted by Gasteiger charge is -2.12. The van der Waals surface area contributed by atoms with Gasteiger partial charge in [0.05, 0.1) is 11.3 Å². The van der Waals surface area contributed by atoms with Gasteiger partial charge in [0.1, 0.15) is 5.70 Å². The lowest BCUT2D eigenvalue weighted by molar-refractivity contribution is -0.114. The number of benzene rings is 4. The Labute approximate surface area is 241 Å². The molecule has 4 aromatic carbocycles. The van der Waals surface area contributed by atoms with Crippen molar-refractivity contribution in [2.75, 3.05) is 16.4 Å². The molecule has 4 rings (SSSR count). The van der Waals surface area contributed by atoms with Crippen molar-refractivity contribution in [2.45, 2.75) is 11.8 Å². The third kappa shape index (κ3) is 8.67. The van der Waals surface area contributed by atoms with Crippen molar-refractivity contribution in [3.63, 3.8) is 0 Å². The summed E-state index contributed by atoms with van der Waals surface area (Å²) in [7, 11) is 0. The first-order valence-corrected chi connectivity index (χ1v) is 13.6. The van der Waals surface area contributed by atoms with Crippen molar-refractivity contribution < 1.29 is 24.3 Å². The molecule has 0 saturated carbocycles. The van der Waals surface area contributed by atoms with E-state index in [0.29, 0.717) is 16.9 Å². The van der Waals surface area contributed by atoms with Gasteiger partial charge in [-0.3, -0.25) is 14.4 Å². The molecular formula is C32H27N3O5S. The number of aromatic carboxylic acids is 1. The summed E-state index contributed by atoms with van der Waals surface area (Å²) in [5, 5.41) is 17.2. The summed E-state index contributed by atoms with van der Waals surface area (Å²) in [5.41, 5.74) is 3.48. The Bertz CT molecular complexity index is 1580. The van der Waals surface area contributed by atoms with Crippen LogP contribution in [0.3, 0.4) is 0 Å². The van der Waals surface area contributed by atoms with Crippen LogP contribution in [0.15, 0.2) is 114 Å². The fourth-order valence-electron chi connectivity index (χ4n) is 3.74. The molecular weight excluding hydrogens is 538 g/mol. The molecule has 0 heterocycles. The SMILES string of the molecule is Cc1cccc(/C=C(\NC(=O)c2ccccc2)C(=O)Nc2ccc(SCC(=O)Nc3ccc(C(=O)O)cc3)cc2)c1. The third-order valence-electron chi connectivity index (χ3n) is 5.78. The van der Waals surface area contributed by atoms with Gasteiger partial charge >= 0.3 is 5.97 Å². The van der Waals surface area contributed by atoms with E-state index in [1.165, 1.54) is 36.0 Å². The fourth-order valence-corrected chi connectivity index (χ4v) is 4.44. The second-order valence-corrected chi connectivity index (χ2v) is 10.0. The van der Waals surface area contributed by atoms with Crippen LogP contribution >= 0.6 is 11.8 Å². The zero-order chi connectivity index (χ0) is 29.2.